The molecule has 2 rings (SSSR count). The summed E-state index contributed by atoms with van der Waals surface area (Å²) in [4.78, 5) is 16.4. The SMILES string of the molecule is Cc1nc(CSCC(=O)NCC(C)(C)c2ccccc2)cs1. The summed E-state index contributed by atoms with van der Waals surface area (Å²) < 4.78 is 0. The first-order chi connectivity index (χ1) is 10.5. The van der Waals surface area contributed by atoms with Crippen LogP contribution in [0, 0.1) is 6.92 Å². The zero-order valence-electron chi connectivity index (χ0n) is 13.3. The van der Waals surface area contributed by atoms with Crippen LogP contribution in [0.4, 0.5) is 0 Å². The monoisotopic (exact) mass is 334 g/mol. The van der Waals surface area contributed by atoms with Crippen molar-refractivity contribution in [3.8, 4) is 0 Å². The molecule has 118 valence electrons. The normalized spacial score (nSPS) is 11.4. The quantitative estimate of drug-likeness (QED) is 0.838. The average Bonchev–Trinajstić information content (AvgIpc) is 2.92. The average molecular weight is 335 g/mol. The van der Waals surface area contributed by atoms with E-state index < -0.39 is 0 Å². The second-order valence-corrected chi connectivity index (χ2v) is 7.93. The van der Waals surface area contributed by atoms with Crippen LogP contribution in [0.1, 0.15) is 30.1 Å². The minimum atomic E-state index is -0.0619. The summed E-state index contributed by atoms with van der Waals surface area (Å²) >= 11 is 3.26. The molecule has 0 saturated carbocycles. The van der Waals surface area contributed by atoms with Crippen molar-refractivity contribution in [1.82, 2.24) is 10.3 Å². The van der Waals surface area contributed by atoms with Crippen LogP contribution in [0.15, 0.2) is 35.7 Å². The fourth-order valence-corrected chi connectivity index (χ4v) is 3.55. The summed E-state index contributed by atoms with van der Waals surface area (Å²) in [6, 6.07) is 10.3. The number of thioether (sulfide) groups is 1. The first-order valence-corrected chi connectivity index (χ1v) is 9.32. The number of carbonyl (C=O) groups is 1. The van der Waals surface area contributed by atoms with Gasteiger partial charge in [0.05, 0.1) is 16.5 Å². The van der Waals surface area contributed by atoms with E-state index in [1.165, 1.54) is 5.56 Å². The van der Waals surface area contributed by atoms with Crippen LogP contribution < -0.4 is 5.32 Å². The lowest BCUT2D eigenvalue weighted by atomic mass is 9.85. The van der Waals surface area contributed by atoms with Crippen molar-refractivity contribution in [2.24, 2.45) is 0 Å². The molecule has 1 aromatic heterocycles. The van der Waals surface area contributed by atoms with E-state index in [1.807, 2.05) is 25.1 Å². The van der Waals surface area contributed by atoms with Gasteiger partial charge in [0, 0.05) is 23.1 Å². The third-order valence-corrected chi connectivity index (χ3v) is 5.22. The van der Waals surface area contributed by atoms with Gasteiger partial charge in [-0.1, -0.05) is 44.2 Å². The van der Waals surface area contributed by atoms with Gasteiger partial charge < -0.3 is 5.32 Å². The Bertz CT molecular complexity index is 608. The highest BCUT2D eigenvalue weighted by Crippen LogP contribution is 2.21. The first kappa shape index (κ1) is 17.0. The smallest absolute Gasteiger partial charge is 0.230 e. The van der Waals surface area contributed by atoms with Crippen molar-refractivity contribution >= 4 is 29.0 Å². The van der Waals surface area contributed by atoms with Crippen molar-refractivity contribution in [1.29, 1.82) is 0 Å². The Balaban J connectivity index is 1.73. The first-order valence-electron chi connectivity index (χ1n) is 7.28. The van der Waals surface area contributed by atoms with E-state index in [1.54, 1.807) is 23.1 Å². The molecule has 1 amide bonds. The molecular formula is C17H22N2OS2. The van der Waals surface area contributed by atoms with E-state index in [2.05, 4.69) is 41.7 Å². The fourth-order valence-electron chi connectivity index (χ4n) is 2.08. The molecule has 0 radical (unpaired) electrons. The van der Waals surface area contributed by atoms with Crippen LogP contribution in [0.5, 0.6) is 0 Å². The molecule has 0 spiro atoms. The zero-order chi connectivity index (χ0) is 16.0. The number of aromatic nitrogens is 1. The summed E-state index contributed by atoms with van der Waals surface area (Å²) in [6.45, 7) is 6.94. The third-order valence-electron chi connectivity index (χ3n) is 3.43. The number of carbonyl (C=O) groups excluding carboxylic acids is 1. The summed E-state index contributed by atoms with van der Waals surface area (Å²) in [5.41, 5.74) is 2.24. The van der Waals surface area contributed by atoms with Gasteiger partial charge >= 0.3 is 0 Å². The molecule has 0 aliphatic rings. The van der Waals surface area contributed by atoms with Crippen LogP contribution in [-0.2, 0) is 16.0 Å². The molecule has 0 unspecified atom stereocenters. The molecule has 1 N–H and O–H groups in total. The van der Waals surface area contributed by atoms with E-state index in [4.69, 9.17) is 0 Å². The van der Waals surface area contributed by atoms with Crippen molar-refractivity contribution in [3.05, 3.63) is 52.0 Å². The number of amides is 1. The van der Waals surface area contributed by atoms with Crippen LogP contribution in [0.25, 0.3) is 0 Å². The predicted molar refractivity (Wildman–Crippen MR) is 95.5 cm³/mol. The lowest BCUT2D eigenvalue weighted by Gasteiger charge is -2.25. The van der Waals surface area contributed by atoms with Gasteiger partial charge in [-0.2, -0.15) is 0 Å². The molecule has 5 heteroatoms. The Morgan fingerprint density at radius 2 is 2.05 bits per heavy atom. The molecule has 22 heavy (non-hydrogen) atoms. The van der Waals surface area contributed by atoms with E-state index in [0.717, 1.165) is 16.5 Å². The second-order valence-electron chi connectivity index (χ2n) is 5.88. The molecule has 0 saturated heterocycles. The highest BCUT2D eigenvalue weighted by Gasteiger charge is 2.20. The highest BCUT2D eigenvalue weighted by atomic mass is 32.2. The minimum Gasteiger partial charge on any atom is -0.355 e. The van der Waals surface area contributed by atoms with E-state index >= 15 is 0 Å². The molecule has 3 nitrogen and oxygen atoms in total. The van der Waals surface area contributed by atoms with Crippen molar-refractivity contribution in [2.75, 3.05) is 12.3 Å². The van der Waals surface area contributed by atoms with E-state index in [9.17, 15) is 4.79 Å². The van der Waals surface area contributed by atoms with Gasteiger partial charge in [-0.15, -0.1) is 23.1 Å². The minimum absolute atomic E-state index is 0.0619. The van der Waals surface area contributed by atoms with Crippen LogP contribution >= 0.6 is 23.1 Å². The summed E-state index contributed by atoms with van der Waals surface area (Å²) in [5, 5.41) is 6.16. The lowest BCUT2D eigenvalue weighted by molar-refractivity contribution is -0.118. The van der Waals surface area contributed by atoms with Crippen LogP contribution in [-0.4, -0.2) is 23.2 Å². The number of thiazole rings is 1. The van der Waals surface area contributed by atoms with Gasteiger partial charge in [-0.3, -0.25) is 4.79 Å². The van der Waals surface area contributed by atoms with Crippen LogP contribution in [0.3, 0.4) is 0 Å². The predicted octanol–water partition coefficient (Wildman–Crippen LogP) is 3.78. The van der Waals surface area contributed by atoms with Gasteiger partial charge in [0.2, 0.25) is 5.91 Å². The van der Waals surface area contributed by atoms with Gasteiger partial charge in [0.15, 0.2) is 0 Å². The van der Waals surface area contributed by atoms with Gasteiger partial charge in [-0.05, 0) is 12.5 Å². The third kappa shape index (κ3) is 5.14. The molecule has 0 bridgehead atoms. The maximum absolute atomic E-state index is 12.0. The molecule has 1 aromatic carbocycles. The maximum Gasteiger partial charge on any atom is 0.230 e. The molecule has 0 atom stereocenters. The Morgan fingerprint density at radius 1 is 1.32 bits per heavy atom. The number of aryl methyl sites for hydroxylation is 1. The number of nitrogens with one attached hydrogen (secondary N) is 1. The van der Waals surface area contributed by atoms with E-state index in [0.29, 0.717) is 12.3 Å². The maximum atomic E-state index is 12.0. The lowest BCUT2D eigenvalue weighted by Crippen LogP contribution is -2.37. The number of nitrogens with zero attached hydrogens (tertiary/aromatic N) is 1. The molecule has 0 fully saturated rings. The number of benzene rings is 1. The zero-order valence-corrected chi connectivity index (χ0v) is 14.9. The van der Waals surface area contributed by atoms with Crippen LogP contribution in [0.2, 0.25) is 0 Å². The molecule has 1 heterocycles. The number of hydrogen-bond donors (Lipinski definition) is 1. The Hall–Kier alpha value is -1.33. The number of rotatable bonds is 7. The fraction of sp³-hybridized carbons (Fsp3) is 0.412. The Kier molecular flexibility index (Phi) is 6.03. The largest absolute Gasteiger partial charge is 0.355 e. The van der Waals surface area contributed by atoms with Crippen molar-refractivity contribution in [2.45, 2.75) is 31.9 Å². The Labute approximate surface area is 140 Å². The summed E-state index contributed by atoms with van der Waals surface area (Å²) in [7, 11) is 0. The molecular weight excluding hydrogens is 312 g/mol. The summed E-state index contributed by atoms with van der Waals surface area (Å²) in [6.07, 6.45) is 0. The van der Waals surface area contributed by atoms with Gasteiger partial charge in [0.1, 0.15) is 0 Å². The molecule has 2 aromatic rings. The molecule has 0 aliphatic carbocycles. The van der Waals surface area contributed by atoms with Crippen molar-refractivity contribution in [3.63, 3.8) is 0 Å². The number of hydrogen-bond acceptors (Lipinski definition) is 4. The van der Waals surface area contributed by atoms with Gasteiger partial charge in [0.25, 0.3) is 0 Å². The van der Waals surface area contributed by atoms with Crippen molar-refractivity contribution < 1.29 is 4.79 Å². The topological polar surface area (TPSA) is 42.0 Å². The second kappa shape index (κ2) is 7.79. The van der Waals surface area contributed by atoms with Gasteiger partial charge in [-0.25, -0.2) is 4.98 Å². The highest BCUT2D eigenvalue weighted by molar-refractivity contribution is 7.99. The molecule has 0 aliphatic heterocycles. The van der Waals surface area contributed by atoms with E-state index in [-0.39, 0.29) is 11.3 Å². The summed E-state index contributed by atoms with van der Waals surface area (Å²) in [5.74, 6) is 1.35. The Morgan fingerprint density at radius 3 is 2.68 bits per heavy atom. The standard InChI is InChI=1S/C17H22N2OS2/c1-13-19-15(10-22-13)9-21-11-16(20)18-12-17(2,3)14-7-5-4-6-8-14/h4-8,10H,9,11-12H2,1-3H3,(H,18,20).